The van der Waals surface area contributed by atoms with Crippen molar-refractivity contribution in [2.45, 2.75) is 32.2 Å². The molecular weight excluding hydrogens is 258 g/mol. The van der Waals surface area contributed by atoms with Gasteiger partial charge in [0.25, 0.3) is 0 Å². The molecule has 0 atom stereocenters. The van der Waals surface area contributed by atoms with Gasteiger partial charge in [-0.25, -0.2) is 4.79 Å². The van der Waals surface area contributed by atoms with Crippen LogP contribution in [0.1, 0.15) is 36.1 Å². The zero-order valence-corrected chi connectivity index (χ0v) is 12.2. The SMILES string of the molecule is CN(Cc1cc(/C=C/C(=O)O)cs1)CC1CCCC1. The lowest BCUT2D eigenvalue weighted by Crippen LogP contribution is -2.23. The van der Waals surface area contributed by atoms with Gasteiger partial charge in [-0.15, -0.1) is 11.3 Å². The van der Waals surface area contributed by atoms with E-state index in [1.807, 2.05) is 5.38 Å². The molecule has 0 saturated heterocycles. The van der Waals surface area contributed by atoms with Crippen molar-refractivity contribution in [1.82, 2.24) is 4.90 Å². The standard InChI is InChI=1S/C15H21NO2S/c1-16(9-12-4-2-3-5-12)10-14-8-13(11-19-14)6-7-15(17)18/h6-8,11-12H,2-5,9-10H2,1H3,(H,17,18)/b7-6+. The summed E-state index contributed by atoms with van der Waals surface area (Å²) < 4.78 is 0. The average molecular weight is 279 g/mol. The van der Waals surface area contributed by atoms with Crippen molar-refractivity contribution in [3.8, 4) is 0 Å². The van der Waals surface area contributed by atoms with E-state index in [1.54, 1.807) is 17.4 Å². The normalized spacial score (nSPS) is 16.7. The van der Waals surface area contributed by atoms with Crippen molar-refractivity contribution < 1.29 is 9.90 Å². The number of nitrogens with zero attached hydrogens (tertiary/aromatic N) is 1. The molecule has 0 aromatic carbocycles. The molecule has 0 aliphatic heterocycles. The van der Waals surface area contributed by atoms with Crippen LogP contribution in [-0.4, -0.2) is 29.6 Å². The summed E-state index contributed by atoms with van der Waals surface area (Å²) in [6.07, 6.45) is 8.37. The summed E-state index contributed by atoms with van der Waals surface area (Å²) in [7, 11) is 2.17. The smallest absolute Gasteiger partial charge is 0.328 e. The molecule has 0 spiro atoms. The van der Waals surface area contributed by atoms with Gasteiger partial charge in [-0.05, 0) is 48.9 Å². The van der Waals surface area contributed by atoms with Crippen LogP contribution < -0.4 is 0 Å². The Kier molecular flexibility index (Phi) is 5.16. The first-order chi connectivity index (χ1) is 9.13. The van der Waals surface area contributed by atoms with E-state index in [1.165, 1.54) is 43.2 Å². The molecule has 1 aromatic rings. The first-order valence-electron chi connectivity index (χ1n) is 6.80. The lowest BCUT2D eigenvalue weighted by Gasteiger charge is -2.19. The molecule has 1 aliphatic rings. The first-order valence-corrected chi connectivity index (χ1v) is 7.68. The van der Waals surface area contributed by atoms with Crippen LogP contribution >= 0.6 is 11.3 Å². The van der Waals surface area contributed by atoms with Crippen molar-refractivity contribution in [2.24, 2.45) is 5.92 Å². The third kappa shape index (κ3) is 4.80. The van der Waals surface area contributed by atoms with Crippen molar-refractivity contribution in [2.75, 3.05) is 13.6 Å². The van der Waals surface area contributed by atoms with Gasteiger partial charge in [0.1, 0.15) is 0 Å². The van der Waals surface area contributed by atoms with Crippen molar-refractivity contribution in [3.63, 3.8) is 0 Å². The van der Waals surface area contributed by atoms with Gasteiger partial charge in [-0.3, -0.25) is 0 Å². The third-order valence-corrected chi connectivity index (χ3v) is 4.50. The van der Waals surface area contributed by atoms with Crippen LogP contribution in [0.15, 0.2) is 17.5 Å². The van der Waals surface area contributed by atoms with E-state index >= 15 is 0 Å². The Labute approximate surface area is 118 Å². The topological polar surface area (TPSA) is 40.5 Å². The summed E-state index contributed by atoms with van der Waals surface area (Å²) >= 11 is 1.70. The predicted octanol–water partition coefficient (Wildman–Crippen LogP) is 3.47. The number of rotatable bonds is 6. The molecule has 104 valence electrons. The Hall–Kier alpha value is -1.13. The number of aliphatic carboxylic acids is 1. The third-order valence-electron chi connectivity index (χ3n) is 3.56. The van der Waals surface area contributed by atoms with Gasteiger partial charge in [0.05, 0.1) is 0 Å². The Morgan fingerprint density at radius 3 is 2.95 bits per heavy atom. The fourth-order valence-electron chi connectivity index (χ4n) is 2.70. The Balaban J connectivity index is 1.83. The van der Waals surface area contributed by atoms with Gasteiger partial charge >= 0.3 is 5.97 Å². The van der Waals surface area contributed by atoms with Gasteiger partial charge in [-0.2, -0.15) is 0 Å². The van der Waals surface area contributed by atoms with Gasteiger partial charge in [0.15, 0.2) is 0 Å². The maximum absolute atomic E-state index is 10.5. The summed E-state index contributed by atoms with van der Waals surface area (Å²) in [5.74, 6) is -0.0255. The van der Waals surface area contributed by atoms with Gasteiger partial charge in [-0.1, -0.05) is 12.8 Å². The summed E-state index contributed by atoms with van der Waals surface area (Å²) in [5.41, 5.74) is 0.983. The average Bonchev–Trinajstić information content (AvgIpc) is 2.98. The largest absolute Gasteiger partial charge is 0.478 e. The Bertz CT molecular complexity index is 447. The van der Waals surface area contributed by atoms with Crippen LogP contribution in [0.3, 0.4) is 0 Å². The maximum atomic E-state index is 10.5. The van der Waals surface area contributed by atoms with E-state index in [9.17, 15) is 4.79 Å². The van der Waals surface area contributed by atoms with Gasteiger partial charge < -0.3 is 10.0 Å². The second kappa shape index (κ2) is 6.87. The molecule has 1 heterocycles. The summed E-state index contributed by atoms with van der Waals surface area (Å²) in [6.45, 7) is 2.14. The molecule has 0 amide bonds. The molecule has 19 heavy (non-hydrogen) atoms. The lowest BCUT2D eigenvalue weighted by molar-refractivity contribution is -0.131. The minimum Gasteiger partial charge on any atom is -0.478 e. The van der Waals surface area contributed by atoms with E-state index in [-0.39, 0.29) is 0 Å². The van der Waals surface area contributed by atoms with Gasteiger partial charge in [0, 0.05) is 24.0 Å². The Morgan fingerprint density at radius 1 is 1.53 bits per heavy atom. The highest BCUT2D eigenvalue weighted by Gasteiger charge is 2.16. The van der Waals surface area contributed by atoms with E-state index in [0.29, 0.717) is 0 Å². The number of carboxylic acids is 1. The second-order valence-corrected chi connectivity index (χ2v) is 6.36. The van der Waals surface area contributed by atoms with Crippen molar-refractivity contribution in [1.29, 1.82) is 0 Å². The van der Waals surface area contributed by atoms with Crippen molar-refractivity contribution >= 4 is 23.4 Å². The first kappa shape index (κ1) is 14.3. The van der Waals surface area contributed by atoms with Crippen LogP contribution in [0.2, 0.25) is 0 Å². The molecule has 1 saturated carbocycles. The fourth-order valence-corrected chi connectivity index (χ4v) is 3.63. The number of carbonyl (C=O) groups is 1. The predicted molar refractivity (Wildman–Crippen MR) is 79.3 cm³/mol. The number of hydrogen-bond acceptors (Lipinski definition) is 3. The highest BCUT2D eigenvalue weighted by molar-refractivity contribution is 7.10. The lowest BCUT2D eigenvalue weighted by atomic mass is 10.1. The number of carboxylic acid groups (broad SMARTS) is 1. The quantitative estimate of drug-likeness (QED) is 0.811. The summed E-state index contributed by atoms with van der Waals surface area (Å²) in [5, 5.41) is 10.6. The zero-order chi connectivity index (χ0) is 13.7. The number of hydrogen-bond donors (Lipinski definition) is 1. The zero-order valence-electron chi connectivity index (χ0n) is 11.3. The fraction of sp³-hybridized carbons (Fsp3) is 0.533. The molecule has 1 fully saturated rings. The molecule has 0 unspecified atom stereocenters. The minimum absolute atomic E-state index is 0.872. The molecular formula is C15H21NO2S. The molecule has 2 rings (SSSR count). The molecule has 3 nitrogen and oxygen atoms in total. The minimum atomic E-state index is -0.897. The van der Waals surface area contributed by atoms with Crippen LogP contribution in [0, 0.1) is 5.92 Å². The van der Waals surface area contributed by atoms with Crippen LogP contribution in [0.4, 0.5) is 0 Å². The molecule has 0 radical (unpaired) electrons. The molecule has 0 bridgehead atoms. The molecule has 1 aromatic heterocycles. The van der Waals surface area contributed by atoms with E-state index < -0.39 is 5.97 Å². The summed E-state index contributed by atoms with van der Waals surface area (Å²) in [4.78, 5) is 14.1. The highest BCUT2D eigenvalue weighted by atomic mass is 32.1. The van der Waals surface area contributed by atoms with Crippen LogP contribution in [-0.2, 0) is 11.3 Å². The molecule has 1 N–H and O–H groups in total. The second-order valence-electron chi connectivity index (χ2n) is 5.37. The van der Waals surface area contributed by atoms with Gasteiger partial charge in [0.2, 0.25) is 0 Å². The molecule has 1 aliphatic carbocycles. The number of thiophene rings is 1. The highest BCUT2D eigenvalue weighted by Crippen LogP contribution is 2.26. The van der Waals surface area contributed by atoms with E-state index in [2.05, 4.69) is 18.0 Å². The van der Waals surface area contributed by atoms with Crippen molar-refractivity contribution in [3.05, 3.63) is 28.0 Å². The van der Waals surface area contributed by atoms with E-state index in [4.69, 9.17) is 5.11 Å². The molecule has 4 heteroatoms. The van der Waals surface area contributed by atoms with Crippen LogP contribution in [0.5, 0.6) is 0 Å². The van der Waals surface area contributed by atoms with E-state index in [0.717, 1.165) is 18.0 Å². The maximum Gasteiger partial charge on any atom is 0.328 e. The monoisotopic (exact) mass is 279 g/mol. The Morgan fingerprint density at radius 2 is 2.26 bits per heavy atom. The van der Waals surface area contributed by atoms with Crippen LogP contribution in [0.25, 0.3) is 6.08 Å². The summed E-state index contributed by atoms with van der Waals surface area (Å²) in [6, 6.07) is 2.08.